The van der Waals surface area contributed by atoms with E-state index >= 15 is 0 Å². The predicted octanol–water partition coefficient (Wildman–Crippen LogP) is 4.15. The summed E-state index contributed by atoms with van der Waals surface area (Å²) in [4.78, 5) is 22.8. The van der Waals surface area contributed by atoms with Crippen molar-refractivity contribution in [1.29, 1.82) is 0 Å². The molecule has 8 heteroatoms. The highest BCUT2D eigenvalue weighted by molar-refractivity contribution is 5.98. The number of carbonyl (C=O) groups is 2. The van der Waals surface area contributed by atoms with Gasteiger partial charge in [0.05, 0.1) is 16.8 Å². The Bertz CT molecular complexity index is 745. The van der Waals surface area contributed by atoms with Gasteiger partial charge in [-0.25, -0.2) is 9.59 Å². The van der Waals surface area contributed by atoms with Crippen LogP contribution in [0.15, 0.2) is 48.5 Å². The highest BCUT2D eigenvalue weighted by Crippen LogP contribution is 2.32. The van der Waals surface area contributed by atoms with Crippen molar-refractivity contribution in [3.63, 3.8) is 0 Å². The third-order valence-electron chi connectivity index (χ3n) is 3.03. The van der Waals surface area contributed by atoms with Crippen LogP contribution < -0.4 is 5.32 Å². The van der Waals surface area contributed by atoms with Crippen LogP contribution >= 0.6 is 0 Å². The number of hydrogen-bond acceptors (Lipinski definition) is 3. The molecule has 1 amide bonds. The lowest BCUT2D eigenvalue weighted by molar-refractivity contribution is -0.137. The Morgan fingerprint density at radius 3 is 2.33 bits per heavy atom. The number of benzene rings is 2. The molecule has 0 saturated carbocycles. The summed E-state index contributed by atoms with van der Waals surface area (Å²) in [5.41, 5.74) is -1.36. The van der Waals surface area contributed by atoms with Gasteiger partial charge < -0.3 is 9.84 Å². The Kier molecular flexibility index (Phi) is 5.08. The SMILES string of the molecule is O=C(Nc1cc(C(F)(F)F)ccc1C(=O)O)OCc1ccccc1. The number of alkyl halides is 3. The zero-order valence-corrected chi connectivity index (χ0v) is 12.1. The fraction of sp³-hybridized carbons (Fsp3) is 0.125. The quantitative estimate of drug-likeness (QED) is 0.877. The second-order valence-corrected chi connectivity index (χ2v) is 4.75. The molecular weight excluding hydrogens is 327 g/mol. The van der Waals surface area contributed by atoms with E-state index in [4.69, 9.17) is 9.84 Å². The van der Waals surface area contributed by atoms with Gasteiger partial charge in [-0.2, -0.15) is 13.2 Å². The number of carboxylic acid groups (broad SMARTS) is 1. The van der Waals surface area contributed by atoms with E-state index in [2.05, 4.69) is 0 Å². The first-order valence-electron chi connectivity index (χ1n) is 6.69. The van der Waals surface area contributed by atoms with Crippen molar-refractivity contribution in [2.75, 3.05) is 5.32 Å². The van der Waals surface area contributed by atoms with Crippen LogP contribution in [0.5, 0.6) is 0 Å². The molecule has 0 unspecified atom stereocenters. The number of halogens is 3. The molecule has 5 nitrogen and oxygen atoms in total. The van der Waals surface area contributed by atoms with Crippen molar-refractivity contribution in [2.45, 2.75) is 12.8 Å². The molecule has 0 atom stereocenters. The molecule has 0 saturated heterocycles. The van der Waals surface area contributed by atoms with Crippen molar-refractivity contribution in [3.8, 4) is 0 Å². The Hall–Kier alpha value is -3.03. The van der Waals surface area contributed by atoms with Gasteiger partial charge in [-0.1, -0.05) is 30.3 Å². The van der Waals surface area contributed by atoms with Gasteiger partial charge in [-0.15, -0.1) is 0 Å². The highest BCUT2D eigenvalue weighted by atomic mass is 19.4. The molecule has 2 aromatic rings. The second kappa shape index (κ2) is 7.03. The van der Waals surface area contributed by atoms with Gasteiger partial charge in [0, 0.05) is 0 Å². The van der Waals surface area contributed by atoms with Crippen LogP contribution in [0, 0.1) is 0 Å². The van der Waals surface area contributed by atoms with E-state index in [0.29, 0.717) is 17.7 Å². The van der Waals surface area contributed by atoms with Crippen LogP contribution in [0.25, 0.3) is 0 Å². The summed E-state index contributed by atoms with van der Waals surface area (Å²) in [7, 11) is 0. The monoisotopic (exact) mass is 339 g/mol. The van der Waals surface area contributed by atoms with E-state index in [9.17, 15) is 22.8 Å². The molecule has 0 radical (unpaired) electrons. The summed E-state index contributed by atoms with van der Waals surface area (Å²) in [5.74, 6) is -1.47. The number of ether oxygens (including phenoxy) is 1. The summed E-state index contributed by atoms with van der Waals surface area (Å²) >= 11 is 0. The summed E-state index contributed by atoms with van der Waals surface area (Å²) in [6, 6.07) is 10.6. The van der Waals surface area contributed by atoms with Crippen LogP contribution in [0.3, 0.4) is 0 Å². The van der Waals surface area contributed by atoms with Gasteiger partial charge in [0.1, 0.15) is 6.61 Å². The smallest absolute Gasteiger partial charge is 0.416 e. The molecule has 0 spiro atoms. The summed E-state index contributed by atoms with van der Waals surface area (Å²) in [6.07, 6.45) is -5.72. The molecule has 24 heavy (non-hydrogen) atoms. The normalized spacial score (nSPS) is 11.0. The number of carboxylic acids is 1. The summed E-state index contributed by atoms with van der Waals surface area (Å²) < 4.78 is 43.0. The topological polar surface area (TPSA) is 75.6 Å². The van der Waals surface area contributed by atoms with Gasteiger partial charge in [-0.3, -0.25) is 5.32 Å². The lowest BCUT2D eigenvalue weighted by Gasteiger charge is -2.13. The zero-order valence-electron chi connectivity index (χ0n) is 12.1. The minimum absolute atomic E-state index is 0.103. The maximum Gasteiger partial charge on any atom is 0.416 e. The highest BCUT2D eigenvalue weighted by Gasteiger charge is 2.31. The summed E-state index contributed by atoms with van der Waals surface area (Å²) in [6.45, 7) is -0.103. The number of aromatic carboxylic acids is 1. The average Bonchev–Trinajstić information content (AvgIpc) is 2.53. The van der Waals surface area contributed by atoms with E-state index in [1.807, 2.05) is 5.32 Å². The van der Waals surface area contributed by atoms with Crippen molar-refractivity contribution in [3.05, 3.63) is 65.2 Å². The molecule has 0 aromatic heterocycles. The third kappa shape index (κ3) is 4.48. The fourth-order valence-corrected chi connectivity index (χ4v) is 1.88. The van der Waals surface area contributed by atoms with E-state index in [-0.39, 0.29) is 6.61 Å². The summed E-state index contributed by atoms with van der Waals surface area (Å²) in [5, 5.41) is 11.0. The Morgan fingerprint density at radius 1 is 1.08 bits per heavy atom. The first kappa shape index (κ1) is 17.3. The Labute approximate surface area is 134 Å². The van der Waals surface area contributed by atoms with E-state index in [0.717, 1.165) is 6.07 Å². The largest absolute Gasteiger partial charge is 0.478 e. The Morgan fingerprint density at radius 2 is 1.75 bits per heavy atom. The van der Waals surface area contributed by atoms with Crippen molar-refractivity contribution >= 4 is 17.7 Å². The van der Waals surface area contributed by atoms with Crippen LogP contribution in [-0.2, 0) is 17.5 Å². The lowest BCUT2D eigenvalue weighted by Crippen LogP contribution is -2.17. The maximum absolute atomic E-state index is 12.7. The van der Waals surface area contributed by atoms with Crippen molar-refractivity contribution in [2.24, 2.45) is 0 Å². The standard InChI is InChI=1S/C16H12F3NO4/c17-16(18,19)11-6-7-12(14(21)22)13(8-11)20-15(23)24-9-10-4-2-1-3-5-10/h1-8H,9H2,(H,20,23)(H,21,22). The molecule has 0 aliphatic rings. The third-order valence-corrected chi connectivity index (χ3v) is 3.03. The number of amides is 1. The molecule has 0 heterocycles. The number of nitrogens with one attached hydrogen (secondary N) is 1. The van der Waals surface area contributed by atoms with Crippen molar-refractivity contribution < 1.29 is 32.6 Å². The number of carbonyl (C=O) groups excluding carboxylic acids is 1. The fourth-order valence-electron chi connectivity index (χ4n) is 1.88. The maximum atomic E-state index is 12.7. The molecule has 0 aliphatic carbocycles. The minimum atomic E-state index is -4.67. The molecule has 126 valence electrons. The Balaban J connectivity index is 2.14. The van der Waals surface area contributed by atoms with Crippen LogP contribution in [0.2, 0.25) is 0 Å². The van der Waals surface area contributed by atoms with Gasteiger partial charge in [0.2, 0.25) is 0 Å². The van der Waals surface area contributed by atoms with Crippen LogP contribution in [0.4, 0.5) is 23.7 Å². The molecule has 2 N–H and O–H groups in total. The molecule has 2 rings (SSSR count). The van der Waals surface area contributed by atoms with Gasteiger partial charge >= 0.3 is 18.2 Å². The average molecular weight is 339 g/mol. The molecule has 0 aliphatic heterocycles. The molecule has 0 fully saturated rings. The molecular formula is C16H12F3NO4. The number of rotatable bonds is 4. The molecule has 2 aromatic carbocycles. The second-order valence-electron chi connectivity index (χ2n) is 4.75. The van der Waals surface area contributed by atoms with Gasteiger partial charge in [0.15, 0.2) is 0 Å². The first-order chi connectivity index (χ1) is 11.3. The lowest BCUT2D eigenvalue weighted by atomic mass is 10.1. The van der Waals surface area contributed by atoms with Crippen molar-refractivity contribution in [1.82, 2.24) is 0 Å². The minimum Gasteiger partial charge on any atom is -0.478 e. The number of anilines is 1. The predicted molar refractivity (Wildman–Crippen MR) is 78.7 cm³/mol. The van der Waals surface area contributed by atoms with Crippen LogP contribution in [-0.4, -0.2) is 17.2 Å². The van der Waals surface area contributed by atoms with Crippen LogP contribution in [0.1, 0.15) is 21.5 Å². The van der Waals surface area contributed by atoms with Gasteiger partial charge in [-0.05, 0) is 23.8 Å². The van der Waals surface area contributed by atoms with Gasteiger partial charge in [0.25, 0.3) is 0 Å². The zero-order chi connectivity index (χ0) is 17.7. The van der Waals surface area contributed by atoms with E-state index in [1.54, 1.807) is 30.3 Å². The van der Waals surface area contributed by atoms with E-state index in [1.165, 1.54) is 0 Å². The first-order valence-corrected chi connectivity index (χ1v) is 6.69. The number of hydrogen-bond donors (Lipinski definition) is 2. The molecule has 0 bridgehead atoms. The van der Waals surface area contributed by atoms with E-state index < -0.39 is 35.1 Å².